The molecular weight excluding hydrogens is 326 g/mol. The second kappa shape index (κ2) is 7.40. The first kappa shape index (κ1) is 17.0. The zero-order chi connectivity index (χ0) is 17.1. The van der Waals surface area contributed by atoms with Crippen molar-refractivity contribution in [3.63, 3.8) is 0 Å². The molecule has 0 bridgehead atoms. The molecule has 0 unspecified atom stereocenters. The fourth-order valence-corrected chi connectivity index (χ4v) is 4.18. The number of amides is 1. The van der Waals surface area contributed by atoms with Gasteiger partial charge in [-0.2, -0.15) is 0 Å². The maximum absolute atomic E-state index is 12.1. The van der Waals surface area contributed by atoms with Crippen LogP contribution >= 0.6 is 11.3 Å². The molecule has 2 aromatic heterocycles. The first-order valence-corrected chi connectivity index (χ1v) is 9.23. The van der Waals surface area contributed by atoms with E-state index < -0.39 is 6.10 Å². The summed E-state index contributed by atoms with van der Waals surface area (Å²) in [6, 6.07) is 0. The molecule has 8 heteroatoms. The first-order chi connectivity index (χ1) is 11.5. The van der Waals surface area contributed by atoms with Crippen molar-refractivity contribution in [1.29, 1.82) is 0 Å². The minimum atomic E-state index is -0.691. The van der Waals surface area contributed by atoms with Crippen LogP contribution in [-0.2, 0) is 24.2 Å². The lowest BCUT2D eigenvalue weighted by molar-refractivity contribution is -0.116. The summed E-state index contributed by atoms with van der Waals surface area (Å²) in [6.07, 6.45) is 6.64. The van der Waals surface area contributed by atoms with Gasteiger partial charge >= 0.3 is 0 Å². The molecule has 1 aliphatic rings. The van der Waals surface area contributed by atoms with Crippen molar-refractivity contribution in [3.05, 3.63) is 22.5 Å². The quantitative estimate of drug-likeness (QED) is 0.835. The highest BCUT2D eigenvalue weighted by Crippen LogP contribution is 2.34. The number of hydrogen-bond donors (Lipinski definition) is 2. The van der Waals surface area contributed by atoms with E-state index in [0.717, 1.165) is 24.5 Å². The molecule has 0 saturated carbocycles. The Morgan fingerprint density at radius 1 is 1.58 bits per heavy atom. The van der Waals surface area contributed by atoms with Gasteiger partial charge in [-0.05, 0) is 32.1 Å². The summed E-state index contributed by atoms with van der Waals surface area (Å²) in [6.45, 7) is 3.89. The average molecular weight is 349 g/mol. The number of nitrogens with zero attached hydrogens (tertiary/aromatic N) is 4. The number of carbonyl (C=O) groups is 1. The molecule has 2 N–H and O–H groups in total. The van der Waals surface area contributed by atoms with E-state index in [1.807, 2.05) is 0 Å². The highest BCUT2D eigenvalue weighted by molar-refractivity contribution is 7.15. The van der Waals surface area contributed by atoms with E-state index in [1.165, 1.54) is 28.8 Å². The fourth-order valence-electron chi connectivity index (χ4n) is 3.04. The average Bonchev–Trinajstić information content (AvgIpc) is 3.13. The summed E-state index contributed by atoms with van der Waals surface area (Å²) < 4.78 is 1.42. The molecule has 0 aromatic carbocycles. The predicted octanol–water partition coefficient (Wildman–Crippen LogP) is 2.33. The Labute approximate surface area is 145 Å². The Morgan fingerprint density at radius 3 is 3.12 bits per heavy atom. The third-order valence-corrected chi connectivity index (χ3v) is 5.31. The van der Waals surface area contributed by atoms with E-state index in [2.05, 4.69) is 27.5 Å². The molecule has 2 aromatic rings. The number of aliphatic hydroxyl groups is 1. The zero-order valence-electron chi connectivity index (χ0n) is 14.0. The number of rotatable bonds is 6. The minimum absolute atomic E-state index is 0.0580. The number of aliphatic hydroxyl groups excluding tert-OH is 1. The van der Waals surface area contributed by atoms with Crippen molar-refractivity contribution in [3.8, 4) is 0 Å². The molecule has 1 amide bonds. The van der Waals surface area contributed by atoms with Gasteiger partial charge in [0.15, 0.2) is 5.13 Å². The fraction of sp³-hybridized carbons (Fsp3) is 0.625. The summed E-state index contributed by atoms with van der Waals surface area (Å²) >= 11 is 1.59. The Kier molecular flexibility index (Phi) is 5.25. The lowest BCUT2D eigenvalue weighted by atomic mass is 9.88. The number of aromatic nitrogens is 4. The Bertz CT molecular complexity index is 709. The molecule has 0 aliphatic heterocycles. The van der Waals surface area contributed by atoms with Gasteiger partial charge in [0.2, 0.25) is 5.91 Å². The smallest absolute Gasteiger partial charge is 0.247 e. The number of thiazole rings is 1. The molecule has 0 spiro atoms. The lowest BCUT2D eigenvalue weighted by Crippen LogP contribution is -2.19. The molecule has 3 rings (SSSR count). The monoisotopic (exact) mass is 349 g/mol. The van der Waals surface area contributed by atoms with Crippen LogP contribution in [0.3, 0.4) is 0 Å². The Morgan fingerprint density at radius 2 is 2.42 bits per heavy atom. The Balaban J connectivity index is 1.59. The topological polar surface area (TPSA) is 92.9 Å². The van der Waals surface area contributed by atoms with Crippen LogP contribution in [0.15, 0.2) is 6.20 Å². The van der Waals surface area contributed by atoms with Crippen LogP contribution in [0.25, 0.3) is 0 Å². The maximum Gasteiger partial charge on any atom is 0.247 e. The van der Waals surface area contributed by atoms with Crippen molar-refractivity contribution in [2.24, 2.45) is 5.92 Å². The zero-order valence-corrected chi connectivity index (χ0v) is 14.8. The van der Waals surface area contributed by atoms with Crippen molar-refractivity contribution in [1.82, 2.24) is 20.0 Å². The van der Waals surface area contributed by atoms with Gasteiger partial charge in [0.25, 0.3) is 0 Å². The van der Waals surface area contributed by atoms with Crippen molar-refractivity contribution in [2.75, 3.05) is 5.32 Å². The van der Waals surface area contributed by atoms with Crippen LogP contribution in [0.1, 0.15) is 55.5 Å². The van der Waals surface area contributed by atoms with E-state index in [4.69, 9.17) is 0 Å². The molecule has 1 aliphatic carbocycles. The van der Waals surface area contributed by atoms with Gasteiger partial charge in [0.05, 0.1) is 18.0 Å². The summed E-state index contributed by atoms with van der Waals surface area (Å²) in [4.78, 5) is 18.0. The van der Waals surface area contributed by atoms with E-state index >= 15 is 0 Å². The number of carbonyl (C=O) groups excluding carboxylic acids is 1. The predicted molar refractivity (Wildman–Crippen MR) is 91.8 cm³/mol. The summed E-state index contributed by atoms with van der Waals surface area (Å²) in [5.74, 6) is 0.564. The number of hydrogen-bond acceptors (Lipinski definition) is 6. The molecule has 0 fully saturated rings. The van der Waals surface area contributed by atoms with Gasteiger partial charge in [0.1, 0.15) is 12.2 Å². The molecule has 2 heterocycles. The van der Waals surface area contributed by atoms with Crippen LogP contribution in [0.5, 0.6) is 0 Å². The van der Waals surface area contributed by atoms with Crippen molar-refractivity contribution in [2.45, 2.75) is 58.6 Å². The SMILES string of the molecule is CCC[C@H]1CCc2nc(NC(=O)Cn3cc([C@H](C)O)nn3)sc2C1. The number of aryl methyl sites for hydroxylation is 1. The van der Waals surface area contributed by atoms with Crippen LogP contribution in [0, 0.1) is 5.92 Å². The van der Waals surface area contributed by atoms with Crippen LogP contribution < -0.4 is 5.32 Å². The number of fused-ring (bicyclic) bond motifs is 1. The normalized spacial score (nSPS) is 18.2. The Hall–Kier alpha value is -1.80. The van der Waals surface area contributed by atoms with Gasteiger partial charge in [0, 0.05) is 4.88 Å². The van der Waals surface area contributed by atoms with Crippen LogP contribution in [0.4, 0.5) is 5.13 Å². The van der Waals surface area contributed by atoms with Crippen molar-refractivity contribution < 1.29 is 9.90 Å². The van der Waals surface area contributed by atoms with Crippen molar-refractivity contribution >= 4 is 22.4 Å². The van der Waals surface area contributed by atoms with Crippen LogP contribution in [-0.4, -0.2) is 31.0 Å². The highest BCUT2D eigenvalue weighted by atomic mass is 32.1. The van der Waals surface area contributed by atoms with Gasteiger partial charge in [-0.25, -0.2) is 9.67 Å². The maximum atomic E-state index is 12.1. The summed E-state index contributed by atoms with van der Waals surface area (Å²) in [7, 11) is 0. The van der Waals surface area contributed by atoms with Crippen LogP contribution in [0.2, 0.25) is 0 Å². The number of nitrogens with one attached hydrogen (secondary N) is 1. The van der Waals surface area contributed by atoms with E-state index in [0.29, 0.717) is 10.8 Å². The summed E-state index contributed by atoms with van der Waals surface area (Å²) in [5.41, 5.74) is 1.59. The van der Waals surface area contributed by atoms with Gasteiger partial charge in [-0.3, -0.25) is 4.79 Å². The molecule has 130 valence electrons. The van der Waals surface area contributed by atoms with E-state index in [1.54, 1.807) is 24.5 Å². The van der Waals surface area contributed by atoms with E-state index in [-0.39, 0.29) is 12.5 Å². The molecule has 0 radical (unpaired) electrons. The molecule has 7 nitrogen and oxygen atoms in total. The third-order valence-electron chi connectivity index (χ3n) is 4.27. The lowest BCUT2D eigenvalue weighted by Gasteiger charge is -2.19. The van der Waals surface area contributed by atoms with Gasteiger partial charge in [-0.1, -0.05) is 25.0 Å². The molecule has 0 saturated heterocycles. The third kappa shape index (κ3) is 3.99. The molecule has 2 atom stereocenters. The second-order valence-electron chi connectivity index (χ2n) is 6.35. The van der Waals surface area contributed by atoms with Gasteiger partial charge < -0.3 is 10.4 Å². The second-order valence-corrected chi connectivity index (χ2v) is 7.44. The first-order valence-electron chi connectivity index (χ1n) is 8.41. The molecular formula is C16H23N5O2S. The molecule has 24 heavy (non-hydrogen) atoms. The number of anilines is 1. The minimum Gasteiger partial charge on any atom is -0.387 e. The largest absolute Gasteiger partial charge is 0.387 e. The van der Waals surface area contributed by atoms with Gasteiger partial charge in [-0.15, -0.1) is 16.4 Å². The standard InChI is InChI=1S/C16H23N5O2S/c1-3-4-11-5-6-12-14(7-11)24-16(17-12)18-15(23)9-21-8-13(10(2)22)19-20-21/h8,10-11,22H,3-7,9H2,1-2H3,(H,17,18,23)/t10-,11-/m0/s1. The highest BCUT2D eigenvalue weighted by Gasteiger charge is 2.22. The summed E-state index contributed by atoms with van der Waals surface area (Å²) in [5, 5.41) is 20.6. The van der Waals surface area contributed by atoms with E-state index in [9.17, 15) is 9.90 Å².